The monoisotopic (exact) mass is 380 g/mol. The average molecular weight is 380 g/mol. The highest BCUT2D eigenvalue weighted by atomic mass is 16.4. The highest BCUT2D eigenvalue weighted by molar-refractivity contribution is 6.22. The van der Waals surface area contributed by atoms with Crippen LogP contribution in [0.4, 0.5) is 0 Å². The summed E-state index contributed by atoms with van der Waals surface area (Å²) in [5.74, 6) is -0.711. The molecular weight excluding hydrogens is 352 g/mol. The van der Waals surface area contributed by atoms with E-state index >= 15 is 0 Å². The zero-order valence-electron chi connectivity index (χ0n) is 16.7. The second-order valence-corrected chi connectivity index (χ2v) is 6.50. The number of carboxylic acids is 1. The second-order valence-electron chi connectivity index (χ2n) is 6.50. The van der Waals surface area contributed by atoms with Crippen LogP contribution in [-0.4, -0.2) is 36.5 Å². The van der Waals surface area contributed by atoms with Crippen molar-refractivity contribution in [2.75, 3.05) is 14.1 Å². The van der Waals surface area contributed by atoms with Gasteiger partial charge in [-0.15, -0.1) is 0 Å². The molecule has 5 heteroatoms. The first-order valence-corrected chi connectivity index (χ1v) is 8.94. The maximum Gasteiger partial charge on any atom is 0.303 e. The van der Waals surface area contributed by atoms with Crippen molar-refractivity contribution in [2.45, 2.75) is 19.8 Å². The molecule has 4 N–H and O–H groups in total. The Morgan fingerprint density at radius 2 is 1.18 bits per heavy atom. The summed E-state index contributed by atoms with van der Waals surface area (Å²) in [4.78, 5) is 20.5. The van der Waals surface area contributed by atoms with Gasteiger partial charge in [0.2, 0.25) is 6.41 Å². The Bertz CT molecular complexity index is 898. The first kappa shape index (κ1) is 22.9. The van der Waals surface area contributed by atoms with Gasteiger partial charge in [0.05, 0.1) is 0 Å². The Morgan fingerprint density at radius 1 is 0.857 bits per heavy atom. The van der Waals surface area contributed by atoms with E-state index in [9.17, 15) is 9.59 Å². The second kappa shape index (κ2) is 10.8. The molecule has 0 aromatic heterocycles. The standard InChI is InChI=1S/C16H10.C4H8O2.C3H7NO.H3N/c1-3-11-7-9-13-5-2-6-14-10-8-12(4-1)15(11)16(13)14;1-2-3-4(5)6;1-4(2)3-5;/h1-10H;2-3H2,1H3,(H,5,6);3H,1-2H3;1H3. The van der Waals surface area contributed by atoms with Gasteiger partial charge in [0.1, 0.15) is 0 Å². The van der Waals surface area contributed by atoms with Crippen molar-refractivity contribution in [3.63, 3.8) is 0 Å². The summed E-state index contributed by atoms with van der Waals surface area (Å²) in [6.07, 6.45) is 1.77. The number of carbonyl (C=O) groups excluding carboxylic acids is 1. The lowest BCUT2D eigenvalue weighted by molar-refractivity contribution is -0.137. The molecule has 0 heterocycles. The van der Waals surface area contributed by atoms with Gasteiger partial charge in [0, 0.05) is 20.5 Å². The Labute approximate surface area is 165 Å². The van der Waals surface area contributed by atoms with E-state index in [1.807, 2.05) is 6.92 Å². The minimum atomic E-state index is -0.711. The zero-order valence-corrected chi connectivity index (χ0v) is 16.7. The fourth-order valence-corrected chi connectivity index (χ4v) is 2.88. The number of hydrogen-bond acceptors (Lipinski definition) is 3. The average Bonchev–Trinajstić information content (AvgIpc) is 2.67. The summed E-state index contributed by atoms with van der Waals surface area (Å²) in [6.45, 7) is 1.84. The van der Waals surface area contributed by atoms with E-state index in [2.05, 4.69) is 60.7 Å². The van der Waals surface area contributed by atoms with Crippen LogP contribution in [0.3, 0.4) is 0 Å². The number of hydrogen-bond donors (Lipinski definition) is 2. The molecule has 0 radical (unpaired) electrons. The van der Waals surface area contributed by atoms with Crippen LogP contribution in [0, 0.1) is 0 Å². The fourth-order valence-electron chi connectivity index (χ4n) is 2.88. The zero-order chi connectivity index (χ0) is 19.8. The molecule has 0 aliphatic rings. The van der Waals surface area contributed by atoms with Crippen molar-refractivity contribution in [2.24, 2.45) is 0 Å². The molecule has 4 aromatic carbocycles. The third kappa shape index (κ3) is 5.66. The molecule has 4 aromatic rings. The predicted octanol–water partition coefficient (Wildman–Crippen LogP) is 5.32. The van der Waals surface area contributed by atoms with Crippen LogP contribution in [0.1, 0.15) is 19.8 Å². The molecule has 0 saturated carbocycles. The number of carboxylic acid groups (broad SMARTS) is 1. The van der Waals surface area contributed by atoms with E-state index in [4.69, 9.17) is 5.11 Å². The topological polar surface area (TPSA) is 92.6 Å². The first-order chi connectivity index (χ1) is 13.0. The van der Waals surface area contributed by atoms with Crippen molar-refractivity contribution in [1.29, 1.82) is 0 Å². The van der Waals surface area contributed by atoms with Crippen molar-refractivity contribution < 1.29 is 14.7 Å². The fraction of sp³-hybridized carbons (Fsp3) is 0.217. The number of carbonyl (C=O) groups is 2. The molecule has 28 heavy (non-hydrogen) atoms. The lowest BCUT2D eigenvalue weighted by Gasteiger charge is -2.09. The molecule has 0 aliphatic heterocycles. The van der Waals surface area contributed by atoms with Crippen LogP contribution in [0.15, 0.2) is 60.7 Å². The van der Waals surface area contributed by atoms with Crippen LogP contribution in [0.5, 0.6) is 0 Å². The van der Waals surface area contributed by atoms with Crippen molar-refractivity contribution in [3.8, 4) is 0 Å². The molecule has 0 spiro atoms. The summed E-state index contributed by atoms with van der Waals surface area (Å²) in [6, 6.07) is 21.9. The van der Waals surface area contributed by atoms with Crippen LogP contribution >= 0.6 is 0 Å². The Kier molecular flexibility index (Phi) is 8.85. The van der Waals surface area contributed by atoms with E-state index in [0.717, 1.165) is 12.8 Å². The smallest absolute Gasteiger partial charge is 0.303 e. The van der Waals surface area contributed by atoms with Gasteiger partial charge in [0.15, 0.2) is 0 Å². The number of amides is 1. The Balaban J connectivity index is 0.000000278. The van der Waals surface area contributed by atoms with E-state index in [-0.39, 0.29) is 6.15 Å². The minimum Gasteiger partial charge on any atom is -0.481 e. The lowest BCUT2D eigenvalue weighted by atomic mass is 9.95. The van der Waals surface area contributed by atoms with Gasteiger partial charge in [-0.2, -0.15) is 0 Å². The van der Waals surface area contributed by atoms with Crippen molar-refractivity contribution >= 4 is 44.7 Å². The molecule has 0 saturated heterocycles. The molecule has 0 atom stereocenters. The normalized spacial score (nSPS) is 9.68. The van der Waals surface area contributed by atoms with Gasteiger partial charge in [-0.1, -0.05) is 67.6 Å². The van der Waals surface area contributed by atoms with Gasteiger partial charge in [-0.3, -0.25) is 9.59 Å². The van der Waals surface area contributed by atoms with E-state index < -0.39 is 5.97 Å². The highest BCUT2D eigenvalue weighted by Crippen LogP contribution is 2.33. The molecule has 0 bridgehead atoms. The van der Waals surface area contributed by atoms with Crippen LogP contribution in [-0.2, 0) is 9.59 Å². The summed E-state index contributed by atoms with van der Waals surface area (Å²) in [7, 11) is 3.38. The van der Waals surface area contributed by atoms with Gasteiger partial charge >= 0.3 is 5.97 Å². The summed E-state index contributed by atoms with van der Waals surface area (Å²) in [5, 5.41) is 16.1. The predicted molar refractivity (Wildman–Crippen MR) is 117 cm³/mol. The Morgan fingerprint density at radius 3 is 1.36 bits per heavy atom. The molecule has 5 nitrogen and oxygen atoms in total. The lowest BCUT2D eigenvalue weighted by Crippen LogP contribution is -2.06. The van der Waals surface area contributed by atoms with Crippen molar-refractivity contribution in [1.82, 2.24) is 11.1 Å². The van der Waals surface area contributed by atoms with Crippen LogP contribution < -0.4 is 6.15 Å². The highest BCUT2D eigenvalue weighted by Gasteiger charge is 2.05. The molecule has 1 amide bonds. The quantitative estimate of drug-likeness (QED) is 0.371. The number of benzene rings is 4. The molecule has 4 rings (SSSR count). The largest absolute Gasteiger partial charge is 0.481 e. The summed E-state index contributed by atoms with van der Waals surface area (Å²) in [5.41, 5.74) is 0. The summed E-state index contributed by atoms with van der Waals surface area (Å²) >= 11 is 0. The van der Waals surface area contributed by atoms with E-state index in [0.29, 0.717) is 6.42 Å². The van der Waals surface area contributed by atoms with Gasteiger partial charge < -0.3 is 16.2 Å². The summed E-state index contributed by atoms with van der Waals surface area (Å²) < 4.78 is 0. The molecule has 148 valence electrons. The molecule has 0 unspecified atom stereocenters. The Hall–Kier alpha value is -3.18. The maximum absolute atomic E-state index is 9.60. The third-order valence-electron chi connectivity index (χ3n) is 4.07. The first-order valence-electron chi connectivity index (χ1n) is 8.94. The maximum atomic E-state index is 9.60. The molecular formula is C23H28N2O3. The minimum absolute atomic E-state index is 0. The van der Waals surface area contributed by atoms with E-state index in [1.54, 1.807) is 14.1 Å². The number of aliphatic carboxylic acids is 1. The SMILES string of the molecule is CCCC(=O)O.CN(C)C=O.N.c1cc2ccc3cccc4ccc(c1)c2c34. The van der Waals surface area contributed by atoms with Crippen LogP contribution in [0.25, 0.3) is 32.3 Å². The van der Waals surface area contributed by atoms with Crippen LogP contribution in [0.2, 0.25) is 0 Å². The van der Waals surface area contributed by atoms with E-state index in [1.165, 1.54) is 37.2 Å². The number of rotatable bonds is 3. The molecule has 0 aliphatic carbocycles. The van der Waals surface area contributed by atoms with Gasteiger partial charge in [0.25, 0.3) is 0 Å². The van der Waals surface area contributed by atoms with Crippen molar-refractivity contribution in [3.05, 3.63) is 60.7 Å². The van der Waals surface area contributed by atoms with Gasteiger partial charge in [-0.25, -0.2) is 0 Å². The molecule has 0 fully saturated rings. The number of nitrogens with zero attached hydrogens (tertiary/aromatic N) is 1. The van der Waals surface area contributed by atoms with Gasteiger partial charge in [-0.05, 0) is 38.7 Å². The third-order valence-corrected chi connectivity index (χ3v) is 4.07.